The minimum atomic E-state index is -0.825. The fourth-order valence-corrected chi connectivity index (χ4v) is 1.04. The van der Waals surface area contributed by atoms with E-state index in [1.807, 2.05) is 0 Å². The molecule has 0 spiro atoms. The lowest BCUT2D eigenvalue weighted by Crippen LogP contribution is -2.43. The Morgan fingerprint density at radius 2 is 1.40 bits per heavy atom. The molecule has 1 radical (unpaired) electrons. The zero-order valence-corrected chi connectivity index (χ0v) is 9.14. The summed E-state index contributed by atoms with van der Waals surface area (Å²) in [5, 5.41) is 0. The van der Waals surface area contributed by atoms with E-state index in [1.54, 1.807) is 6.41 Å². The van der Waals surface area contributed by atoms with Gasteiger partial charge in [0, 0.05) is 13.8 Å². The fourth-order valence-electron chi connectivity index (χ4n) is 1.04. The molecule has 0 aromatic carbocycles. The van der Waals surface area contributed by atoms with E-state index in [-0.39, 0.29) is 0 Å². The van der Waals surface area contributed by atoms with Crippen LogP contribution in [0, 0.1) is 0 Å². The number of carbonyl (C=O) groups excluding carboxylic acids is 3. The maximum Gasteiger partial charge on any atom is 0.318 e. The van der Waals surface area contributed by atoms with Crippen molar-refractivity contribution in [3.05, 3.63) is 0 Å². The van der Waals surface area contributed by atoms with Crippen molar-refractivity contribution in [2.45, 2.75) is 40.2 Å². The Balaban J connectivity index is 4.39. The molecule has 6 heteroatoms. The van der Waals surface area contributed by atoms with Gasteiger partial charge in [-0.3, -0.25) is 19.3 Å². The summed E-state index contributed by atoms with van der Waals surface area (Å²) < 4.78 is 9.48. The van der Waals surface area contributed by atoms with E-state index in [2.05, 4.69) is 0 Å². The summed E-state index contributed by atoms with van der Waals surface area (Å²) in [6.07, 6.45) is -0.108. The molecule has 2 unspecified atom stereocenters. The lowest BCUT2D eigenvalue weighted by Gasteiger charge is -2.28. The highest BCUT2D eigenvalue weighted by Crippen LogP contribution is 2.06. The average molecular weight is 216 g/mol. The summed E-state index contributed by atoms with van der Waals surface area (Å²) in [6.45, 7) is 5.39. The zero-order valence-electron chi connectivity index (χ0n) is 9.14. The van der Waals surface area contributed by atoms with Gasteiger partial charge in [-0.2, -0.15) is 0 Å². The van der Waals surface area contributed by atoms with Crippen molar-refractivity contribution in [3.8, 4) is 0 Å². The highest BCUT2D eigenvalue weighted by molar-refractivity contribution is 5.67. The molecule has 1 amide bonds. The van der Waals surface area contributed by atoms with E-state index < -0.39 is 24.4 Å². The van der Waals surface area contributed by atoms with Gasteiger partial charge in [0.25, 0.3) is 0 Å². The van der Waals surface area contributed by atoms with Crippen LogP contribution in [-0.2, 0) is 23.9 Å². The standard InChI is InChI=1S/C9H14NO5/c1-6(14-8(3)12)10(5-11)7(2)15-9(4)13/h6-7H,1-4H3. The summed E-state index contributed by atoms with van der Waals surface area (Å²) in [5.41, 5.74) is 0. The molecular weight excluding hydrogens is 202 g/mol. The van der Waals surface area contributed by atoms with Crippen LogP contribution >= 0.6 is 0 Å². The Bertz CT molecular complexity index is 231. The van der Waals surface area contributed by atoms with Gasteiger partial charge in [-0.25, -0.2) is 0 Å². The third-order valence-corrected chi connectivity index (χ3v) is 1.56. The average Bonchev–Trinajstić information content (AvgIpc) is 2.01. The first-order valence-corrected chi connectivity index (χ1v) is 4.39. The van der Waals surface area contributed by atoms with Gasteiger partial charge in [0.1, 0.15) is 0 Å². The minimum absolute atomic E-state index is 0.530. The number of esters is 2. The molecule has 2 atom stereocenters. The summed E-state index contributed by atoms with van der Waals surface area (Å²) in [5.74, 6) is -1.06. The van der Waals surface area contributed by atoms with Gasteiger partial charge in [-0.15, -0.1) is 0 Å². The molecule has 0 aromatic heterocycles. The van der Waals surface area contributed by atoms with Crippen LogP contribution in [0.1, 0.15) is 27.7 Å². The number of ether oxygens (including phenoxy) is 2. The topological polar surface area (TPSA) is 72.9 Å². The highest BCUT2D eigenvalue weighted by atomic mass is 16.6. The monoisotopic (exact) mass is 216 g/mol. The first kappa shape index (κ1) is 13.4. The van der Waals surface area contributed by atoms with Crippen molar-refractivity contribution in [2.24, 2.45) is 0 Å². The number of nitrogens with zero attached hydrogens (tertiary/aromatic N) is 1. The van der Waals surface area contributed by atoms with Crippen LogP contribution in [0.15, 0.2) is 0 Å². The van der Waals surface area contributed by atoms with Crippen molar-refractivity contribution in [1.29, 1.82) is 0 Å². The van der Waals surface area contributed by atoms with Crippen LogP contribution < -0.4 is 0 Å². The summed E-state index contributed by atoms with van der Waals surface area (Å²) in [4.78, 5) is 32.8. The van der Waals surface area contributed by atoms with E-state index in [1.165, 1.54) is 27.7 Å². The maximum atomic E-state index is 10.6. The predicted octanol–water partition coefficient (Wildman–Crippen LogP) is 0.174. The van der Waals surface area contributed by atoms with Crippen molar-refractivity contribution < 1.29 is 23.9 Å². The van der Waals surface area contributed by atoms with Gasteiger partial charge in [-0.05, 0) is 13.8 Å². The van der Waals surface area contributed by atoms with E-state index in [0.717, 1.165) is 4.90 Å². The molecule has 0 aliphatic rings. The number of hydrogen-bond acceptors (Lipinski definition) is 5. The minimum Gasteiger partial charge on any atom is -0.442 e. The summed E-state index contributed by atoms with van der Waals surface area (Å²) >= 11 is 0. The normalized spacial score (nSPS) is 13.6. The van der Waals surface area contributed by atoms with Crippen LogP contribution in [0.4, 0.5) is 0 Å². The van der Waals surface area contributed by atoms with Crippen molar-refractivity contribution >= 4 is 18.3 Å². The van der Waals surface area contributed by atoms with E-state index in [4.69, 9.17) is 9.47 Å². The third-order valence-electron chi connectivity index (χ3n) is 1.56. The SMILES string of the molecule is CC(=O)OC(C)N([C]=O)C(C)OC(C)=O. The number of amides is 1. The third kappa shape index (κ3) is 4.99. The molecule has 0 aliphatic carbocycles. The Kier molecular flexibility index (Phi) is 5.36. The first-order valence-electron chi connectivity index (χ1n) is 4.39. The van der Waals surface area contributed by atoms with Crippen LogP contribution in [0.2, 0.25) is 0 Å². The Labute approximate surface area is 88.1 Å². The molecule has 0 aromatic rings. The van der Waals surface area contributed by atoms with E-state index >= 15 is 0 Å². The predicted molar refractivity (Wildman–Crippen MR) is 50.0 cm³/mol. The fraction of sp³-hybridized carbons (Fsp3) is 0.667. The Morgan fingerprint density at radius 3 is 1.60 bits per heavy atom. The van der Waals surface area contributed by atoms with Crippen LogP contribution in [0.5, 0.6) is 0 Å². The largest absolute Gasteiger partial charge is 0.442 e. The summed E-state index contributed by atoms with van der Waals surface area (Å²) in [7, 11) is 0. The molecule has 0 rings (SSSR count). The molecule has 0 saturated heterocycles. The zero-order chi connectivity index (χ0) is 12.0. The van der Waals surface area contributed by atoms with Crippen LogP contribution in [-0.4, -0.2) is 35.7 Å². The lowest BCUT2D eigenvalue weighted by molar-refractivity contribution is -0.167. The molecule has 0 fully saturated rings. The van der Waals surface area contributed by atoms with Gasteiger partial charge in [0.15, 0.2) is 12.5 Å². The second kappa shape index (κ2) is 6.00. The molecule has 0 N–H and O–H groups in total. The quantitative estimate of drug-likeness (QED) is 0.372. The molecule has 15 heavy (non-hydrogen) atoms. The van der Waals surface area contributed by atoms with Gasteiger partial charge in [-0.1, -0.05) is 0 Å². The molecular formula is C9H14NO5. The molecule has 85 valence electrons. The van der Waals surface area contributed by atoms with Crippen molar-refractivity contribution in [2.75, 3.05) is 0 Å². The second-order valence-electron chi connectivity index (χ2n) is 2.92. The smallest absolute Gasteiger partial charge is 0.318 e. The number of carbonyl (C=O) groups is 2. The Morgan fingerprint density at radius 1 is 1.07 bits per heavy atom. The molecule has 0 heterocycles. The molecule has 0 bridgehead atoms. The number of hydrogen-bond donors (Lipinski definition) is 0. The molecule has 0 saturated carbocycles. The van der Waals surface area contributed by atoms with Crippen molar-refractivity contribution in [1.82, 2.24) is 4.90 Å². The van der Waals surface area contributed by atoms with Crippen LogP contribution in [0.3, 0.4) is 0 Å². The van der Waals surface area contributed by atoms with Crippen molar-refractivity contribution in [3.63, 3.8) is 0 Å². The second-order valence-corrected chi connectivity index (χ2v) is 2.92. The van der Waals surface area contributed by atoms with Gasteiger partial charge >= 0.3 is 18.3 Å². The number of rotatable bonds is 5. The van der Waals surface area contributed by atoms with E-state index in [9.17, 15) is 14.4 Å². The molecule has 0 aliphatic heterocycles. The first-order chi connectivity index (χ1) is 6.88. The van der Waals surface area contributed by atoms with E-state index in [0.29, 0.717) is 0 Å². The lowest BCUT2D eigenvalue weighted by atomic mass is 10.4. The maximum absolute atomic E-state index is 10.6. The summed E-state index contributed by atoms with van der Waals surface area (Å²) in [6, 6.07) is 0. The highest BCUT2D eigenvalue weighted by Gasteiger charge is 2.23. The Hall–Kier alpha value is -1.59. The molecule has 6 nitrogen and oxygen atoms in total. The van der Waals surface area contributed by atoms with Gasteiger partial charge in [0.05, 0.1) is 0 Å². The van der Waals surface area contributed by atoms with Gasteiger partial charge in [0.2, 0.25) is 0 Å². The van der Waals surface area contributed by atoms with Gasteiger partial charge < -0.3 is 9.47 Å². The van der Waals surface area contributed by atoms with Crippen LogP contribution in [0.25, 0.3) is 0 Å².